The van der Waals surface area contributed by atoms with Gasteiger partial charge < -0.3 is 4.90 Å². The molecule has 1 amide bonds. The van der Waals surface area contributed by atoms with Crippen molar-refractivity contribution in [3.8, 4) is 0 Å². The van der Waals surface area contributed by atoms with Gasteiger partial charge >= 0.3 is 0 Å². The molecule has 3 aliphatic heterocycles. The van der Waals surface area contributed by atoms with Gasteiger partial charge in [-0.05, 0) is 86.5 Å². The zero-order valence-corrected chi connectivity index (χ0v) is 25.3. The van der Waals surface area contributed by atoms with Gasteiger partial charge in [0.15, 0.2) is 5.78 Å². The predicted molar refractivity (Wildman–Crippen MR) is 167 cm³/mol. The van der Waals surface area contributed by atoms with E-state index in [4.69, 9.17) is 0 Å². The maximum absolute atomic E-state index is 15.3. The molecule has 3 aromatic rings. The zero-order chi connectivity index (χ0) is 30.6. The Balaban J connectivity index is 1.40. The molecule has 44 heavy (non-hydrogen) atoms. The normalized spacial score (nSPS) is 29.0. The average molecular weight is 597 g/mol. The van der Waals surface area contributed by atoms with Crippen LogP contribution >= 0.6 is 0 Å². The Bertz CT molecular complexity index is 1620. The summed E-state index contributed by atoms with van der Waals surface area (Å²) in [6, 6.07) is 20.5. The highest BCUT2D eigenvalue weighted by molar-refractivity contribution is 6.16. The van der Waals surface area contributed by atoms with Crippen LogP contribution in [0.2, 0.25) is 0 Å². The van der Waals surface area contributed by atoms with Crippen molar-refractivity contribution in [3.05, 3.63) is 107 Å². The van der Waals surface area contributed by atoms with Crippen molar-refractivity contribution in [1.82, 2.24) is 14.7 Å². The highest BCUT2D eigenvalue weighted by Gasteiger charge is 2.75. The van der Waals surface area contributed by atoms with Crippen LogP contribution in [-0.2, 0) is 15.1 Å². The van der Waals surface area contributed by atoms with Crippen molar-refractivity contribution in [3.63, 3.8) is 0 Å². The summed E-state index contributed by atoms with van der Waals surface area (Å²) in [5.74, 6) is -1.12. The number of likely N-dealkylation sites (tertiary alicyclic amines) is 1. The van der Waals surface area contributed by atoms with E-state index in [0.29, 0.717) is 31.6 Å². The molecular weight excluding hydrogens is 558 g/mol. The van der Waals surface area contributed by atoms with Crippen molar-refractivity contribution < 1.29 is 18.4 Å². The molecule has 3 fully saturated rings. The number of allylic oxidation sites excluding steroid dienone is 1. The van der Waals surface area contributed by atoms with E-state index in [-0.39, 0.29) is 29.2 Å². The summed E-state index contributed by atoms with van der Waals surface area (Å²) in [7, 11) is 4.08. The monoisotopic (exact) mass is 596 g/mol. The summed E-state index contributed by atoms with van der Waals surface area (Å²) < 4.78 is 27.9. The van der Waals surface area contributed by atoms with Crippen molar-refractivity contribution in [2.45, 2.75) is 30.7 Å². The first-order chi connectivity index (χ1) is 21.3. The minimum Gasteiger partial charge on any atom is -0.304 e. The second-order valence-electron chi connectivity index (χ2n) is 12.9. The Hall–Kier alpha value is -3.72. The Morgan fingerprint density at radius 3 is 2.23 bits per heavy atom. The first kappa shape index (κ1) is 29.0. The largest absolute Gasteiger partial charge is 0.304 e. The van der Waals surface area contributed by atoms with Crippen molar-refractivity contribution >= 4 is 23.5 Å². The van der Waals surface area contributed by atoms with Gasteiger partial charge in [-0.15, -0.1) is 0 Å². The van der Waals surface area contributed by atoms with Crippen LogP contribution in [0.3, 0.4) is 0 Å². The topological polar surface area (TPSA) is 47.1 Å². The van der Waals surface area contributed by atoms with Gasteiger partial charge in [0.05, 0.1) is 17.8 Å². The summed E-state index contributed by atoms with van der Waals surface area (Å²) >= 11 is 0. The molecule has 6 nitrogen and oxygen atoms in total. The van der Waals surface area contributed by atoms with E-state index < -0.39 is 11.0 Å². The number of carbonyl (C=O) groups is 2. The molecule has 3 heterocycles. The van der Waals surface area contributed by atoms with Crippen LogP contribution < -0.4 is 4.90 Å². The third kappa shape index (κ3) is 4.30. The second kappa shape index (κ2) is 11.0. The number of likely N-dealkylation sites (N-methyl/N-ethyl adjacent to an activating group) is 2. The molecule has 1 aliphatic carbocycles. The maximum Gasteiger partial charge on any atom is 0.254 e. The molecule has 0 unspecified atom stereocenters. The highest BCUT2D eigenvalue weighted by atomic mass is 19.1. The Morgan fingerprint density at radius 1 is 0.864 bits per heavy atom. The van der Waals surface area contributed by atoms with Gasteiger partial charge in [-0.1, -0.05) is 42.5 Å². The molecule has 1 saturated carbocycles. The van der Waals surface area contributed by atoms with Gasteiger partial charge in [-0.3, -0.25) is 24.3 Å². The molecule has 0 bridgehead atoms. The van der Waals surface area contributed by atoms with E-state index in [1.165, 1.54) is 24.3 Å². The summed E-state index contributed by atoms with van der Waals surface area (Å²) in [4.78, 5) is 39.1. The number of ketones is 1. The second-order valence-corrected chi connectivity index (χ2v) is 12.9. The lowest BCUT2D eigenvalue weighted by Gasteiger charge is -2.49. The van der Waals surface area contributed by atoms with Crippen LogP contribution in [0.1, 0.15) is 41.9 Å². The van der Waals surface area contributed by atoms with Gasteiger partial charge in [-0.2, -0.15) is 0 Å². The SMILES string of the molecule is CN1CCN(CN2C(=O)[C@@]3(c4ccccc42)N(C)C[C@@H](c2ccc(F)cc2)[C@@]32CCC/C(=C\c3ccc(F)cc3)C2=O)CC1. The van der Waals surface area contributed by atoms with Crippen molar-refractivity contribution in [2.24, 2.45) is 5.41 Å². The quantitative estimate of drug-likeness (QED) is 0.385. The van der Waals surface area contributed by atoms with E-state index in [9.17, 15) is 8.78 Å². The van der Waals surface area contributed by atoms with Gasteiger partial charge in [-0.25, -0.2) is 8.78 Å². The van der Waals surface area contributed by atoms with Crippen LogP contribution in [0.15, 0.2) is 78.4 Å². The van der Waals surface area contributed by atoms with Gasteiger partial charge in [0.25, 0.3) is 5.91 Å². The van der Waals surface area contributed by atoms with Crippen LogP contribution in [0.4, 0.5) is 14.5 Å². The zero-order valence-electron chi connectivity index (χ0n) is 25.3. The van der Waals surface area contributed by atoms with Gasteiger partial charge in [0.2, 0.25) is 0 Å². The molecule has 4 aliphatic rings. The molecule has 0 aromatic heterocycles. The average Bonchev–Trinajstić information content (AvgIpc) is 3.43. The van der Waals surface area contributed by atoms with E-state index in [1.807, 2.05) is 42.3 Å². The number of halogens is 2. The molecular formula is C36H38F2N4O2. The predicted octanol–water partition coefficient (Wildman–Crippen LogP) is 5.26. The highest BCUT2D eigenvalue weighted by Crippen LogP contribution is 2.67. The van der Waals surface area contributed by atoms with Crippen molar-refractivity contribution in [1.29, 1.82) is 0 Å². The summed E-state index contributed by atoms with van der Waals surface area (Å²) in [6.45, 7) is 4.52. The number of Topliss-reactive ketones (excluding diaryl/α,β-unsaturated/α-hetero) is 1. The molecule has 8 heteroatoms. The van der Waals surface area contributed by atoms with E-state index in [2.05, 4.69) is 21.7 Å². The number of hydrogen-bond donors (Lipinski definition) is 0. The fourth-order valence-corrected chi connectivity index (χ4v) is 8.46. The fraction of sp³-hybridized carbons (Fsp3) is 0.389. The third-order valence-electron chi connectivity index (χ3n) is 10.5. The Morgan fingerprint density at radius 2 is 1.52 bits per heavy atom. The first-order valence-corrected chi connectivity index (χ1v) is 15.6. The standard InChI is InChI=1S/C36H38F2N4O2/c1-39-18-20-41(21-19-39)24-42-32-8-4-3-7-30(32)36(34(42)44)35(31(23-40(36)2)26-11-15-29(38)16-12-26)17-5-6-27(33(35)43)22-25-9-13-28(37)14-10-25/h3-4,7-16,22,31H,5-6,17-21,23-24H2,1-2H3/b27-22+/t31-,35+,36+/m0/s1. The number of rotatable bonds is 4. The molecule has 0 N–H and O–H groups in total. The molecule has 2 spiro atoms. The van der Waals surface area contributed by atoms with Crippen LogP contribution in [0, 0.1) is 17.0 Å². The van der Waals surface area contributed by atoms with Crippen LogP contribution in [0.25, 0.3) is 6.08 Å². The number of amides is 1. The number of piperazine rings is 1. The smallest absolute Gasteiger partial charge is 0.254 e. The van der Waals surface area contributed by atoms with E-state index in [0.717, 1.165) is 55.0 Å². The van der Waals surface area contributed by atoms with E-state index >= 15 is 9.59 Å². The Labute approximate surface area is 257 Å². The van der Waals surface area contributed by atoms with Crippen molar-refractivity contribution in [2.75, 3.05) is 58.4 Å². The number of para-hydroxylation sites is 1. The lowest BCUT2D eigenvalue weighted by atomic mass is 9.53. The molecule has 3 atom stereocenters. The molecule has 7 rings (SSSR count). The number of nitrogens with zero attached hydrogens (tertiary/aromatic N) is 4. The molecule has 228 valence electrons. The first-order valence-electron chi connectivity index (χ1n) is 15.6. The summed E-state index contributed by atoms with van der Waals surface area (Å²) in [5.41, 5.74) is 1.62. The van der Waals surface area contributed by atoms with Gasteiger partial charge in [0.1, 0.15) is 17.2 Å². The molecule has 2 saturated heterocycles. The third-order valence-corrected chi connectivity index (χ3v) is 10.5. The maximum atomic E-state index is 15.3. The summed E-state index contributed by atoms with van der Waals surface area (Å²) in [6.07, 6.45) is 3.69. The van der Waals surface area contributed by atoms with Crippen LogP contribution in [-0.4, -0.2) is 79.9 Å². The molecule has 0 radical (unpaired) electrons. The lowest BCUT2D eigenvalue weighted by Crippen LogP contribution is -2.62. The number of carbonyl (C=O) groups excluding carboxylic acids is 2. The minimum absolute atomic E-state index is 0.0450. The fourth-order valence-electron chi connectivity index (χ4n) is 8.46. The summed E-state index contributed by atoms with van der Waals surface area (Å²) in [5, 5.41) is 0. The number of anilines is 1. The van der Waals surface area contributed by atoms with Crippen LogP contribution in [0.5, 0.6) is 0 Å². The van der Waals surface area contributed by atoms with E-state index in [1.54, 1.807) is 24.3 Å². The number of benzene rings is 3. The molecule has 3 aromatic carbocycles. The Kier molecular flexibility index (Phi) is 7.27. The minimum atomic E-state index is -1.23. The number of hydrogen-bond acceptors (Lipinski definition) is 5. The lowest BCUT2D eigenvalue weighted by molar-refractivity contribution is -0.146. The van der Waals surface area contributed by atoms with Gasteiger partial charge in [0, 0.05) is 44.2 Å². The number of fused-ring (bicyclic) bond motifs is 3.